The molecule has 1 N–H and O–H groups in total. The lowest BCUT2D eigenvalue weighted by Crippen LogP contribution is -2.34. The van der Waals surface area contributed by atoms with Gasteiger partial charge in [-0.1, -0.05) is 18.3 Å². The zero-order valence-electron chi connectivity index (χ0n) is 9.66. The van der Waals surface area contributed by atoms with Gasteiger partial charge >= 0.3 is 6.18 Å². The third-order valence-corrected chi connectivity index (χ3v) is 3.29. The lowest BCUT2D eigenvalue weighted by Gasteiger charge is -2.22. The summed E-state index contributed by atoms with van der Waals surface area (Å²) in [6, 6.07) is 0. The molecule has 0 saturated heterocycles. The van der Waals surface area contributed by atoms with E-state index in [1.807, 2.05) is 6.92 Å². The monoisotopic (exact) mass is 268 g/mol. The summed E-state index contributed by atoms with van der Waals surface area (Å²) in [5.74, 6) is 0. The van der Waals surface area contributed by atoms with E-state index in [4.69, 9.17) is 0 Å². The van der Waals surface area contributed by atoms with Gasteiger partial charge in [0.1, 0.15) is 6.54 Å². The van der Waals surface area contributed by atoms with Gasteiger partial charge in [-0.3, -0.25) is 0 Å². The first kappa shape index (κ1) is 14.2. The van der Waals surface area contributed by atoms with Gasteiger partial charge in [-0.05, 0) is 13.3 Å². The van der Waals surface area contributed by atoms with Crippen LogP contribution in [0, 0.1) is 0 Å². The van der Waals surface area contributed by atoms with Crippen molar-refractivity contribution in [2.24, 2.45) is 0 Å². The predicted molar refractivity (Wildman–Crippen MR) is 61.3 cm³/mol. The van der Waals surface area contributed by atoms with Gasteiger partial charge in [-0.2, -0.15) is 13.2 Å². The Morgan fingerprint density at radius 2 is 2.18 bits per heavy atom. The molecule has 1 aromatic rings. The number of rotatable bonds is 5. The molecule has 0 saturated carbocycles. The highest BCUT2D eigenvalue weighted by Gasteiger charge is 2.31. The Balaban J connectivity index is 2.81. The zero-order valence-corrected chi connectivity index (χ0v) is 10.5. The largest absolute Gasteiger partial charge is 0.406 e. The number of nitrogens with zero attached hydrogens (tertiary/aromatic N) is 2. The van der Waals surface area contributed by atoms with Gasteiger partial charge in [-0.15, -0.1) is 0 Å². The van der Waals surface area contributed by atoms with Crippen molar-refractivity contribution in [3.8, 4) is 0 Å². The number of aromatic nitrogens is 1. The molecule has 0 bridgehead atoms. The van der Waals surface area contributed by atoms with Gasteiger partial charge < -0.3 is 10.0 Å². The number of thiazole rings is 1. The van der Waals surface area contributed by atoms with Crippen molar-refractivity contribution in [2.45, 2.75) is 32.5 Å². The summed E-state index contributed by atoms with van der Waals surface area (Å²) >= 11 is 1.09. The second kappa shape index (κ2) is 5.68. The third kappa shape index (κ3) is 4.51. The topological polar surface area (TPSA) is 36.4 Å². The summed E-state index contributed by atoms with van der Waals surface area (Å²) in [6.07, 6.45) is -2.91. The quantitative estimate of drug-likeness (QED) is 0.892. The Kier molecular flexibility index (Phi) is 4.76. The standard InChI is InChI=1S/C10H15F3N2OS/c1-3-4-15(6-10(11,12)13)9-14-5-8(17-9)7(2)16/h5,7,16H,3-4,6H2,1-2H3. The molecular weight excluding hydrogens is 253 g/mol. The van der Waals surface area contributed by atoms with Crippen LogP contribution < -0.4 is 4.90 Å². The molecule has 3 nitrogen and oxygen atoms in total. The molecule has 0 aliphatic heterocycles. The first-order valence-electron chi connectivity index (χ1n) is 5.29. The number of aliphatic hydroxyl groups is 1. The number of alkyl halides is 3. The maximum absolute atomic E-state index is 12.4. The maximum Gasteiger partial charge on any atom is 0.406 e. The number of hydrogen-bond donors (Lipinski definition) is 1. The second-order valence-corrected chi connectivity index (χ2v) is 4.80. The summed E-state index contributed by atoms with van der Waals surface area (Å²) in [7, 11) is 0. The normalized spacial score (nSPS) is 13.8. The Bertz CT molecular complexity index is 352. The molecule has 1 atom stereocenters. The van der Waals surface area contributed by atoms with Crippen molar-refractivity contribution >= 4 is 16.5 Å². The molecule has 7 heteroatoms. The van der Waals surface area contributed by atoms with Crippen LogP contribution in [0.15, 0.2) is 6.20 Å². The average molecular weight is 268 g/mol. The van der Waals surface area contributed by atoms with Crippen LogP contribution in [0.4, 0.5) is 18.3 Å². The highest BCUT2D eigenvalue weighted by molar-refractivity contribution is 7.15. The summed E-state index contributed by atoms with van der Waals surface area (Å²) < 4.78 is 37.1. The van der Waals surface area contributed by atoms with Crippen molar-refractivity contribution in [1.29, 1.82) is 0 Å². The summed E-state index contributed by atoms with van der Waals surface area (Å²) in [4.78, 5) is 5.69. The van der Waals surface area contributed by atoms with Crippen LogP contribution in [0.25, 0.3) is 0 Å². The van der Waals surface area contributed by atoms with Crippen LogP contribution in [0.5, 0.6) is 0 Å². The lowest BCUT2D eigenvalue weighted by molar-refractivity contribution is -0.119. The second-order valence-electron chi connectivity index (χ2n) is 3.76. The van der Waals surface area contributed by atoms with Crippen LogP contribution in [0.3, 0.4) is 0 Å². The van der Waals surface area contributed by atoms with Crippen LogP contribution in [-0.4, -0.2) is 29.4 Å². The van der Waals surface area contributed by atoms with Crippen molar-refractivity contribution in [1.82, 2.24) is 4.98 Å². The van der Waals surface area contributed by atoms with Crippen molar-refractivity contribution in [3.05, 3.63) is 11.1 Å². The molecule has 0 aliphatic rings. The number of aliphatic hydroxyl groups excluding tert-OH is 1. The maximum atomic E-state index is 12.4. The van der Waals surface area contributed by atoms with Gasteiger partial charge in [0.15, 0.2) is 5.13 Å². The van der Waals surface area contributed by atoms with Gasteiger partial charge in [0.25, 0.3) is 0 Å². The minimum Gasteiger partial charge on any atom is -0.388 e. The number of halogens is 3. The van der Waals surface area contributed by atoms with Crippen molar-refractivity contribution in [3.63, 3.8) is 0 Å². The Morgan fingerprint density at radius 1 is 1.53 bits per heavy atom. The molecule has 0 aromatic carbocycles. The minimum atomic E-state index is -4.24. The minimum absolute atomic E-state index is 0.298. The highest BCUT2D eigenvalue weighted by Crippen LogP contribution is 2.29. The molecule has 0 aliphatic carbocycles. The fraction of sp³-hybridized carbons (Fsp3) is 0.700. The fourth-order valence-electron chi connectivity index (χ4n) is 1.34. The zero-order chi connectivity index (χ0) is 13.1. The summed E-state index contributed by atoms with van der Waals surface area (Å²) in [5.41, 5.74) is 0. The van der Waals surface area contributed by atoms with E-state index < -0.39 is 18.8 Å². The SMILES string of the molecule is CCCN(CC(F)(F)F)c1ncc(C(C)O)s1. The van der Waals surface area contributed by atoms with E-state index in [-0.39, 0.29) is 0 Å². The molecule has 1 aromatic heterocycles. The molecule has 17 heavy (non-hydrogen) atoms. The van der Waals surface area contributed by atoms with E-state index >= 15 is 0 Å². The molecule has 1 heterocycles. The van der Waals surface area contributed by atoms with E-state index in [2.05, 4.69) is 4.98 Å². The summed E-state index contributed by atoms with van der Waals surface area (Å²) in [5, 5.41) is 9.62. The smallest absolute Gasteiger partial charge is 0.388 e. The van der Waals surface area contributed by atoms with E-state index in [9.17, 15) is 18.3 Å². The molecule has 1 rings (SSSR count). The molecule has 0 spiro atoms. The molecule has 0 radical (unpaired) electrons. The van der Waals surface area contributed by atoms with E-state index in [0.717, 1.165) is 11.3 Å². The molecule has 0 fully saturated rings. The van der Waals surface area contributed by atoms with Crippen LogP contribution >= 0.6 is 11.3 Å². The van der Waals surface area contributed by atoms with E-state index in [1.54, 1.807) is 6.92 Å². The fourth-order valence-corrected chi connectivity index (χ4v) is 2.22. The molecule has 1 unspecified atom stereocenters. The van der Waals surface area contributed by atoms with Gasteiger partial charge in [-0.25, -0.2) is 4.98 Å². The van der Waals surface area contributed by atoms with Crippen molar-refractivity contribution < 1.29 is 18.3 Å². The molecule has 0 amide bonds. The van der Waals surface area contributed by atoms with Crippen LogP contribution in [0.1, 0.15) is 31.2 Å². The van der Waals surface area contributed by atoms with Crippen molar-refractivity contribution in [2.75, 3.05) is 18.0 Å². The third-order valence-electron chi connectivity index (χ3n) is 2.06. The predicted octanol–water partition coefficient (Wildman–Crippen LogP) is 2.98. The Labute approximate surface area is 102 Å². The molecular formula is C10H15F3N2OS. The lowest BCUT2D eigenvalue weighted by atomic mass is 10.4. The molecule has 98 valence electrons. The van der Waals surface area contributed by atoms with E-state index in [0.29, 0.717) is 23.0 Å². The average Bonchev–Trinajstić information content (AvgIpc) is 2.63. The first-order valence-corrected chi connectivity index (χ1v) is 6.10. The number of anilines is 1. The Hall–Kier alpha value is -0.820. The van der Waals surface area contributed by atoms with Gasteiger partial charge in [0.2, 0.25) is 0 Å². The summed E-state index contributed by atoms with van der Waals surface area (Å²) in [6.45, 7) is 2.66. The van der Waals surface area contributed by atoms with Gasteiger partial charge in [0, 0.05) is 12.7 Å². The van der Waals surface area contributed by atoms with Crippen LogP contribution in [-0.2, 0) is 0 Å². The van der Waals surface area contributed by atoms with Crippen LogP contribution in [0.2, 0.25) is 0 Å². The highest BCUT2D eigenvalue weighted by atomic mass is 32.1. The number of hydrogen-bond acceptors (Lipinski definition) is 4. The van der Waals surface area contributed by atoms with Gasteiger partial charge in [0.05, 0.1) is 11.0 Å². The Morgan fingerprint density at radius 3 is 2.59 bits per heavy atom. The van der Waals surface area contributed by atoms with E-state index in [1.165, 1.54) is 11.1 Å². The first-order chi connectivity index (χ1) is 7.83.